The van der Waals surface area contributed by atoms with E-state index in [2.05, 4.69) is 0 Å². The van der Waals surface area contributed by atoms with E-state index >= 15 is 0 Å². The molecule has 1 aliphatic heterocycles. The fourth-order valence-corrected chi connectivity index (χ4v) is 1.10. The number of benzene rings is 1. The zero-order valence-electron chi connectivity index (χ0n) is 8.04. The van der Waals surface area contributed by atoms with Gasteiger partial charge in [0, 0.05) is 0 Å². The summed E-state index contributed by atoms with van der Waals surface area (Å²) in [7, 11) is 0. The van der Waals surface area contributed by atoms with Gasteiger partial charge in [-0.2, -0.15) is 0 Å². The molecule has 0 atom stereocenters. The molecule has 1 aromatic rings. The summed E-state index contributed by atoms with van der Waals surface area (Å²) in [5, 5.41) is 0. The number of hydrogen-bond acceptors (Lipinski definition) is 3. The second-order valence-electron chi connectivity index (χ2n) is 2.37. The van der Waals surface area contributed by atoms with Gasteiger partial charge in [0.05, 0.1) is 5.69 Å². The second kappa shape index (κ2) is 4.60. The molecule has 13 heavy (non-hydrogen) atoms. The highest BCUT2D eigenvalue weighted by Gasteiger charge is 2.12. The molecule has 0 unspecified atom stereocenters. The number of nitrogens with two attached hydrogens (primary N) is 1. The van der Waals surface area contributed by atoms with Crippen LogP contribution in [-0.4, -0.2) is 13.2 Å². The summed E-state index contributed by atoms with van der Waals surface area (Å²) in [5.41, 5.74) is 6.28. The van der Waals surface area contributed by atoms with Gasteiger partial charge in [0.15, 0.2) is 11.5 Å². The van der Waals surface area contributed by atoms with Crippen molar-refractivity contribution in [2.45, 2.75) is 13.8 Å². The molecule has 3 nitrogen and oxygen atoms in total. The molecule has 72 valence electrons. The minimum absolute atomic E-state index is 0.585. The second-order valence-corrected chi connectivity index (χ2v) is 2.37. The normalized spacial score (nSPS) is 12.8. The van der Waals surface area contributed by atoms with E-state index in [0.717, 1.165) is 5.75 Å². The van der Waals surface area contributed by atoms with Gasteiger partial charge in [-0.25, -0.2) is 0 Å². The van der Waals surface area contributed by atoms with E-state index in [1.807, 2.05) is 26.0 Å². The van der Waals surface area contributed by atoms with Crippen LogP contribution >= 0.6 is 0 Å². The predicted octanol–water partition coefficient (Wildman–Crippen LogP) is 2.07. The van der Waals surface area contributed by atoms with Gasteiger partial charge < -0.3 is 15.2 Å². The van der Waals surface area contributed by atoms with Crippen LogP contribution in [0, 0.1) is 0 Å². The Kier molecular flexibility index (Phi) is 3.43. The van der Waals surface area contributed by atoms with Gasteiger partial charge in [-0.15, -0.1) is 0 Å². The Balaban J connectivity index is 0.000000396. The molecule has 2 N–H and O–H groups in total. The smallest absolute Gasteiger partial charge is 0.184 e. The van der Waals surface area contributed by atoms with Crippen molar-refractivity contribution in [1.82, 2.24) is 0 Å². The number of para-hydroxylation sites is 1. The molecule has 0 saturated heterocycles. The monoisotopic (exact) mass is 181 g/mol. The molecule has 0 aliphatic carbocycles. The minimum atomic E-state index is 0.585. The summed E-state index contributed by atoms with van der Waals surface area (Å²) in [6, 6.07) is 5.50. The summed E-state index contributed by atoms with van der Waals surface area (Å²) in [6.45, 7) is 5.19. The van der Waals surface area contributed by atoms with Crippen LogP contribution in [0.15, 0.2) is 18.2 Å². The molecule has 2 rings (SSSR count). The van der Waals surface area contributed by atoms with Crippen molar-refractivity contribution in [1.29, 1.82) is 0 Å². The number of anilines is 1. The molecule has 0 radical (unpaired) electrons. The topological polar surface area (TPSA) is 44.5 Å². The molecule has 3 heteroatoms. The molecule has 1 aromatic carbocycles. The van der Waals surface area contributed by atoms with Crippen molar-refractivity contribution in [2.75, 3.05) is 18.9 Å². The number of fused-ring (bicyclic) bond motifs is 1. The maximum Gasteiger partial charge on any atom is 0.184 e. The Hall–Kier alpha value is -1.38. The predicted molar refractivity (Wildman–Crippen MR) is 53.2 cm³/mol. The van der Waals surface area contributed by atoms with E-state index in [9.17, 15) is 0 Å². The van der Waals surface area contributed by atoms with Gasteiger partial charge in [0.2, 0.25) is 0 Å². The van der Waals surface area contributed by atoms with Gasteiger partial charge in [-0.3, -0.25) is 0 Å². The first kappa shape index (κ1) is 9.71. The van der Waals surface area contributed by atoms with Crippen molar-refractivity contribution in [2.24, 2.45) is 0 Å². The SMILES string of the molecule is CC.Nc1cccc2c1OCCO2. The fraction of sp³-hybridized carbons (Fsp3) is 0.400. The van der Waals surface area contributed by atoms with Crippen LogP contribution in [0.1, 0.15) is 13.8 Å². The number of rotatable bonds is 0. The van der Waals surface area contributed by atoms with Crippen molar-refractivity contribution in [3.63, 3.8) is 0 Å². The van der Waals surface area contributed by atoms with Crippen LogP contribution < -0.4 is 15.2 Å². The summed E-state index contributed by atoms with van der Waals surface area (Å²) in [4.78, 5) is 0. The highest BCUT2D eigenvalue weighted by Crippen LogP contribution is 2.34. The van der Waals surface area contributed by atoms with Crippen LogP contribution in [0.3, 0.4) is 0 Å². The molecule has 0 fully saturated rings. The standard InChI is InChI=1S/C8H9NO2.C2H6/c9-6-2-1-3-7-8(6)11-5-4-10-7;1-2/h1-3H,4-5,9H2;1-2H3. The lowest BCUT2D eigenvalue weighted by Gasteiger charge is -2.19. The van der Waals surface area contributed by atoms with E-state index < -0.39 is 0 Å². The van der Waals surface area contributed by atoms with Gasteiger partial charge in [0.25, 0.3) is 0 Å². The molecule has 0 bridgehead atoms. The quantitative estimate of drug-likeness (QED) is 0.623. The third kappa shape index (κ3) is 2.05. The van der Waals surface area contributed by atoms with Gasteiger partial charge in [-0.1, -0.05) is 19.9 Å². The van der Waals surface area contributed by atoms with Gasteiger partial charge in [0.1, 0.15) is 13.2 Å². The maximum absolute atomic E-state index is 5.64. The van der Waals surface area contributed by atoms with Crippen LogP contribution in [0.4, 0.5) is 5.69 Å². The summed E-state index contributed by atoms with van der Waals surface area (Å²) < 4.78 is 10.6. The van der Waals surface area contributed by atoms with Crippen LogP contribution in [0.5, 0.6) is 11.5 Å². The maximum atomic E-state index is 5.64. The first-order valence-electron chi connectivity index (χ1n) is 4.52. The Morgan fingerprint density at radius 3 is 2.54 bits per heavy atom. The third-order valence-corrected chi connectivity index (χ3v) is 1.60. The van der Waals surface area contributed by atoms with Gasteiger partial charge >= 0.3 is 0 Å². The number of hydrogen-bond donors (Lipinski definition) is 1. The van der Waals surface area contributed by atoms with E-state index in [1.165, 1.54) is 0 Å². The summed E-state index contributed by atoms with van der Waals surface area (Å²) in [6.07, 6.45) is 0. The highest BCUT2D eigenvalue weighted by atomic mass is 16.6. The molecule has 0 saturated carbocycles. The lowest BCUT2D eigenvalue weighted by Crippen LogP contribution is -2.16. The summed E-state index contributed by atoms with van der Waals surface area (Å²) >= 11 is 0. The van der Waals surface area contributed by atoms with Crippen molar-refractivity contribution in [3.8, 4) is 11.5 Å². The Labute approximate surface area is 78.5 Å². The van der Waals surface area contributed by atoms with E-state index in [0.29, 0.717) is 24.7 Å². The van der Waals surface area contributed by atoms with Crippen LogP contribution in [0.25, 0.3) is 0 Å². The highest BCUT2D eigenvalue weighted by molar-refractivity contribution is 5.60. The number of nitrogen functional groups attached to an aromatic ring is 1. The van der Waals surface area contributed by atoms with Crippen molar-refractivity contribution < 1.29 is 9.47 Å². The summed E-state index contributed by atoms with van der Waals surface area (Å²) in [5.74, 6) is 1.43. The van der Waals surface area contributed by atoms with E-state index in [-0.39, 0.29) is 0 Å². The molecular formula is C10H15NO2. The average molecular weight is 181 g/mol. The number of ether oxygens (including phenoxy) is 2. The zero-order chi connectivity index (χ0) is 9.68. The first-order chi connectivity index (χ1) is 6.38. The van der Waals surface area contributed by atoms with Crippen LogP contribution in [-0.2, 0) is 0 Å². The Bertz CT molecular complexity index is 274. The van der Waals surface area contributed by atoms with E-state index in [4.69, 9.17) is 15.2 Å². The Morgan fingerprint density at radius 2 is 1.85 bits per heavy atom. The first-order valence-corrected chi connectivity index (χ1v) is 4.52. The molecule has 1 aliphatic rings. The molecular weight excluding hydrogens is 166 g/mol. The lowest BCUT2D eigenvalue weighted by molar-refractivity contribution is 0.172. The molecule has 0 amide bonds. The minimum Gasteiger partial charge on any atom is -0.486 e. The zero-order valence-corrected chi connectivity index (χ0v) is 8.04. The van der Waals surface area contributed by atoms with Gasteiger partial charge in [-0.05, 0) is 12.1 Å². The average Bonchev–Trinajstić information content (AvgIpc) is 2.22. The van der Waals surface area contributed by atoms with Crippen LogP contribution in [0.2, 0.25) is 0 Å². The fourth-order valence-electron chi connectivity index (χ4n) is 1.10. The lowest BCUT2D eigenvalue weighted by atomic mass is 10.2. The molecule has 0 aromatic heterocycles. The molecule has 0 spiro atoms. The van der Waals surface area contributed by atoms with Crippen molar-refractivity contribution >= 4 is 5.69 Å². The Morgan fingerprint density at radius 1 is 1.15 bits per heavy atom. The van der Waals surface area contributed by atoms with E-state index in [1.54, 1.807) is 6.07 Å². The van der Waals surface area contributed by atoms with Crippen molar-refractivity contribution in [3.05, 3.63) is 18.2 Å². The largest absolute Gasteiger partial charge is 0.486 e. The third-order valence-electron chi connectivity index (χ3n) is 1.60. The molecule has 1 heterocycles.